The van der Waals surface area contributed by atoms with Gasteiger partial charge in [-0.3, -0.25) is 14.2 Å². The van der Waals surface area contributed by atoms with E-state index in [1.807, 2.05) is 38.1 Å². The third-order valence-corrected chi connectivity index (χ3v) is 6.98. The highest BCUT2D eigenvalue weighted by Crippen LogP contribution is 2.35. The molecule has 0 unspecified atom stereocenters. The predicted molar refractivity (Wildman–Crippen MR) is 117 cm³/mol. The Kier molecular flexibility index (Phi) is 5.54. The van der Waals surface area contributed by atoms with Crippen LogP contribution in [0.2, 0.25) is 0 Å². The summed E-state index contributed by atoms with van der Waals surface area (Å²) in [7, 11) is 0. The number of amides is 1. The lowest BCUT2D eigenvalue weighted by Gasteiger charge is -2.18. The highest BCUT2D eigenvalue weighted by molar-refractivity contribution is 7.18. The van der Waals surface area contributed by atoms with Crippen molar-refractivity contribution in [2.24, 2.45) is 5.92 Å². The van der Waals surface area contributed by atoms with Gasteiger partial charge in [-0.2, -0.15) is 0 Å². The molecule has 5 nitrogen and oxygen atoms in total. The first kappa shape index (κ1) is 19.8. The van der Waals surface area contributed by atoms with Gasteiger partial charge in [0.1, 0.15) is 11.4 Å². The Labute approximate surface area is 174 Å². The standard InChI is InChI=1S/C23H27N3O2S/c1-4-18(16-8-5-14(2)6-9-16)25-20(27)12-26-13-24-22-21(23(26)28)17-10-7-15(3)11-19(17)29-22/h5-6,8-9,13,15,18H,4,7,10-12H2,1-3H3,(H,25,27)/t15-,18-/m0/s1. The van der Waals surface area contributed by atoms with Crippen LogP contribution in [0.25, 0.3) is 10.2 Å². The van der Waals surface area contributed by atoms with E-state index < -0.39 is 0 Å². The van der Waals surface area contributed by atoms with Crippen LogP contribution in [-0.2, 0) is 24.2 Å². The molecule has 0 fully saturated rings. The van der Waals surface area contributed by atoms with Gasteiger partial charge in [0.25, 0.3) is 5.56 Å². The van der Waals surface area contributed by atoms with Crippen LogP contribution >= 0.6 is 11.3 Å². The first-order chi connectivity index (χ1) is 14.0. The molecule has 3 aromatic rings. The fourth-order valence-corrected chi connectivity index (χ4v) is 5.43. The van der Waals surface area contributed by atoms with E-state index in [4.69, 9.17) is 0 Å². The zero-order chi connectivity index (χ0) is 20.5. The average molecular weight is 410 g/mol. The Morgan fingerprint density at radius 2 is 2.10 bits per heavy atom. The Balaban J connectivity index is 1.55. The number of nitrogens with one attached hydrogen (secondary N) is 1. The summed E-state index contributed by atoms with van der Waals surface area (Å²) in [6.07, 6.45) is 5.35. The van der Waals surface area contributed by atoms with Crippen molar-refractivity contribution in [3.63, 3.8) is 0 Å². The van der Waals surface area contributed by atoms with E-state index in [0.29, 0.717) is 5.92 Å². The number of thiophene rings is 1. The minimum atomic E-state index is -0.168. The molecule has 0 saturated carbocycles. The lowest BCUT2D eigenvalue weighted by atomic mass is 9.89. The number of benzene rings is 1. The van der Waals surface area contributed by atoms with Crippen LogP contribution in [0.15, 0.2) is 35.4 Å². The fourth-order valence-electron chi connectivity index (χ4n) is 4.09. The quantitative estimate of drug-likeness (QED) is 0.688. The molecule has 1 aliphatic rings. The Morgan fingerprint density at radius 3 is 2.83 bits per heavy atom. The number of carbonyl (C=O) groups excluding carboxylic acids is 1. The van der Waals surface area contributed by atoms with Gasteiger partial charge in [0.15, 0.2) is 0 Å². The van der Waals surface area contributed by atoms with Crippen molar-refractivity contribution in [1.82, 2.24) is 14.9 Å². The molecule has 0 saturated heterocycles. The van der Waals surface area contributed by atoms with Crippen LogP contribution in [0.1, 0.15) is 54.3 Å². The zero-order valence-corrected chi connectivity index (χ0v) is 18.0. The number of aryl methyl sites for hydroxylation is 2. The number of aromatic nitrogens is 2. The molecule has 0 bridgehead atoms. The molecule has 2 aromatic heterocycles. The second-order valence-electron chi connectivity index (χ2n) is 8.15. The van der Waals surface area contributed by atoms with Crippen LogP contribution in [-0.4, -0.2) is 15.5 Å². The maximum absolute atomic E-state index is 13.1. The summed E-state index contributed by atoms with van der Waals surface area (Å²) in [5.74, 6) is 0.481. The third-order valence-electron chi connectivity index (χ3n) is 5.82. The molecule has 0 spiro atoms. The fraction of sp³-hybridized carbons (Fsp3) is 0.435. The molecule has 29 heavy (non-hydrogen) atoms. The Bertz CT molecular complexity index is 1100. The van der Waals surface area contributed by atoms with Crippen molar-refractivity contribution >= 4 is 27.5 Å². The first-order valence-corrected chi connectivity index (χ1v) is 11.1. The van der Waals surface area contributed by atoms with Gasteiger partial charge in [0.2, 0.25) is 5.91 Å². The topological polar surface area (TPSA) is 64.0 Å². The number of fused-ring (bicyclic) bond motifs is 3. The van der Waals surface area contributed by atoms with Gasteiger partial charge in [0.05, 0.1) is 17.8 Å². The number of hydrogen-bond acceptors (Lipinski definition) is 4. The number of hydrogen-bond donors (Lipinski definition) is 1. The largest absolute Gasteiger partial charge is 0.348 e. The van der Waals surface area contributed by atoms with Crippen LogP contribution in [0.5, 0.6) is 0 Å². The van der Waals surface area contributed by atoms with Crippen LogP contribution < -0.4 is 10.9 Å². The monoisotopic (exact) mass is 409 g/mol. The van der Waals surface area contributed by atoms with E-state index >= 15 is 0 Å². The summed E-state index contributed by atoms with van der Waals surface area (Å²) in [5, 5.41) is 3.78. The molecule has 4 rings (SSSR count). The summed E-state index contributed by atoms with van der Waals surface area (Å²) < 4.78 is 1.45. The molecule has 1 amide bonds. The van der Waals surface area contributed by atoms with Gasteiger partial charge in [-0.15, -0.1) is 11.3 Å². The van der Waals surface area contributed by atoms with Crippen molar-refractivity contribution in [2.45, 2.75) is 59.0 Å². The molecule has 6 heteroatoms. The molecule has 2 heterocycles. The number of carbonyl (C=O) groups is 1. The predicted octanol–water partition coefficient (Wildman–Crippen LogP) is 4.16. The van der Waals surface area contributed by atoms with E-state index in [2.05, 4.69) is 17.2 Å². The number of rotatable bonds is 5. The first-order valence-electron chi connectivity index (χ1n) is 10.3. The van der Waals surface area contributed by atoms with Crippen molar-refractivity contribution in [3.8, 4) is 0 Å². The SMILES string of the molecule is CC[C@H](NC(=O)Cn1cnc2sc3c(c2c1=O)CC[C@H](C)C3)c1ccc(C)cc1. The van der Waals surface area contributed by atoms with E-state index in [1.54, 1.807) is 11.3 Å². The molecule has 2 atom stereocenters. The normalized spacial score (nSPS) is 17.1. The smallest absolute Gasteiger partial charge is 0.262 e. The lowest BCUT2D eigenvalue weighted by molar-refractivity contribution is -0.122. The summed E-state index contributed by atoms with van der Waals surface area (Å²) in [4.78, 5) is 32.4. The summed E-state index contributed by atoms with van der Waals surface area (Å²) in [6, 6.07) is 8.12. The minimum Gasteiger partial charge on any atom is -0.348 e. The molecule has 1 aliphatic carbocycles. The van der Waals surface area contributed by atoms with E-state index in [-0.39, 0.29) is 24.1 Å². The summed E-state index contributed by atoms with van der Waals surface area (Å²) in [6.45, 7) is 6.33. The molecule has 1 aromatic carbocycles. The van der Waals surface area contributed by atoms with Crippen molar-refractivity contribution < 1.29 is 4.79 Å². The molecule has 1 N–H and O–H groups in total. The van der Waals surface area contributed by atoms with Gasteiger partial charge in [-0.1, -0.05) is 43.7 Å². The van der Waals surface area contributed by atoms with Gasteiger partial charge < -0.3 is 5.32 Å². The van der Waals surface area contributed by atoms with Crippen molar-refractivity contribution in [2.75, 3.05) is 0 Å². The van der Waals surface area contributed by atoms with Gasteiger partial charge in [-0.25, -0.2) is 4.98 Å². The van der Waals surface area contributed by atoms with Crippen LogP contribution in [0.3, 0.4) is 0 Å². The second-order valence-corrected chi connectivity index (χ2v) is 9.23. The average Bonchev–Trinajstić information content (AvgIpc) is 3.07. The zero-order valence-electron chi connectivity index (χ0n) is 17.2. The molecule has 0 radical (unpaired) electrons. The lowest BCUT2D eigenvalue weighted by Crippen LogP contribution is -2.34. The van der Waals surface area contributed by atoms with E-state index in [0.717, 1.165) is 47.0 Å². The minimum absolute atomic E-state index is 0.00877. The van der Waals surface area contributed by atoms with Crippen LogP contribution in [0.4, 0.5) is 0 Å². The van der Waals surface area contributed by atoms with Crippen molar-refractivity contribution in [1.29, 1.82) is 0 Å². The van der Waals surface area contributed by atoms with Crippen LogP contribution in [0, 0.1) is 12.8 Å². The van der Waals surface area contributed by atoms with Gasteiger partial charge in [0, 0.05) is 4.88 Å². The molecular formula is C23H27N3O2S. The Hall–Kier alpha value is -2.47. The third kappa shape index (κ3) is 3.99. The van der Waals surface area contributed by atoms with E-state index in [9.17, 15) is 9.59 Å². The maximum Gasteiger partial charge on any atom is 0.262 e. The highest BCUT2D eigenvalue weighted by Gasteiger charge is 2.23. The second kappa shape index (κ2) is 8.11. The molecule has 0 aliphatic heterocycles. The summed E-state index contributed by atoms with van der Waals surface area (Å²) in [5.41, 5.74) is 3.32. The van der Waals surface area contributed by atoms with Gasteiger partial charge >= 0.3 is 0 Å². The summed E-state index contributed by atoms with van der Waals surface area (Å²) >= 11 is 1.63. The van der Waals surface area contributed by atoms with Crippen molar-refractivity contribution in [3.05, 3.63) is 62.5 Å². The Morgan fingerprint density at radius 1 is 1.34 bits per heavy atom. The maximum atomic E-state index is 13.1. The number of nitrogens with zero attached hydrogens (tertiary/aromatic N) is 2. The molecular weight excluding hydrogens is 382 g/mol. The molecule has 152 valence electrons. The van der Waals surface area contributed by atoms with E-state index in [1.165, 1.54) is 21.3 Å². The highest BCUT2D eigenvalue weighted by atomic mass is 32.1. The van der Waals surface area contributed by atoms with Gasteiger partial charge in [-0.05, 0) is 49.7 Å².